The van der Waals surface area contributed by atoms with E-state index < -0.39 is 0 Å². The van der Waals surface area contributed by atoms with Gasteiger partial charge in [0.15, 0.2) is 0 Å². The fourth-order valence-corrected chi connectivity index (χ4v) is 8.74. The molecule has 3 saturated carbocycles. The van der Waals surface area contributed by atoms with Gasteiger partial charge in [-0.15, -0.1) is 0 Å². The summed E-state index contributed by atoms with van der Waals surface area (Å²) in [5.41, 5.74) is 4.14. The zero-order valence-electron chi connectivity index (χ0n) is 19.9. The maximum atomic E-state index is 9.68. The number of aliphatic hydroxyl groups excluding tert-OH is 1. The Hall–Kier alpha value is -0.720. The van der Waals surface area contributed by atoms with Gasteiger partial charge in [0, 0.05) is 0 Å². The Labute approximate surface area is 180 Å². The van der Waals surface area contributed by atoms with E-state index in [4.69, 9.17) is 0 Å². The van der Waals surface area contributed by atoms with Crippen molar-refractivity contribution in [2.24, 2.45) is 40.4 Å². The van der Waals surface area contributed by atoms with Crippen molar-refractivity contribution in [3.63, 3.8) is 0 Å². The van der Waals surface area contributed by atoms with Crippen molar-refractivity contribution in [1.29, 1.82) is 0 Å². The van der Waals surface area contributed by atoms with Gasteiger partial charge in [-0.3, -0.25) is 0 Å². The minimum atomic E-state index is 0.532. The molecule has 4 aliphatic carbocycles. The number of fused-ring (bicyclic) bond motifs is 5. The average molecular weight is 399 g/mol. The Kier molecular flexibility index (Phi) is 6.00. The molecule has 4 aliphatic rings. The molecule has 1 heteroatoms. The molecule has 0 saturated heterocycles. The maximum Gasteiger partial charge on any atom is 0.0880 e. The van der Waals surface area contributed by atoms with E-state index in [2.05, 4.69) is 33.8 Å². The Bertz CT molecular complexity index is 668. The first-order chi connectivity index (χ1) is 13.8. The lowest BCUT2D eigenvalue weighted by atomic mass is 9.47. The summed E-state index contributed by atoms with van der Waals surface area (Å²) >= 11 is 0. The highest BCUT2D eigenvalue weighted by atomic mass is 16.3. The van der Waals surface area contributed by atoms with Crippen molar-refractivity contribution in [1.82, 2.24) is 0 Å². The molecule has 1 N–H and O–H groups in total. The number of allylic oxidation sites excluding steroid dienone is 4. The van der Waals surface area contributed by atoms with E-state index in [1.54, 1.807) is 0 Å². The first-order valence-corrected chi connectivity index (χ1v) is 12.8. The molecular weight excluding hydrogens is 352 g/mol. The van der Waals surface area contributed by atoms with Crippen molar-refractivity contribution in [2.75, 3.05) is 0 Å². The molecule has 0 spiro atoms. The van der Waals surface area contributed by atoms with E-state index >= 15 is 0 Å². The molecule has 0 aromatic rings. The molecule has 7 atom stereocenters. The monoisotopic (exact) mass is 398 g/mol. The van der Waals surface area contributed by atoms with Crippen molar-refractivity contribution in [3.05, 3.63) is 23.0 Å². The molecule has 0 amide bonds. The van der Waals surface area contributed by atoms with Crippen LogP contribution in [-0.2, 0) is 0 Å². The van der Waals surface area contributed by atoms with E-state index in [9.17, 15) is 5.11 Å². The second-order valence-corrected chi connectivity index (χ2v) is 11.9. The lowest BCUT2D eigenvalue weighted by molar-refractivity contribution is -0.0499. The van der Waals surface area contributed by atoms with Crippen molar-refractivity contribution >= 4 is 0 Å². The van der Waals surface area contributed by atoms with Crippen LogP contribution in [0.4, 0.5) is 0 Å². The molecule has 3 fully saturated rings. The van der Waals surface area contributed by atoms with Crippen LogP contribution in [0.5, 0.6) is 0 Å². The maximum absolute atomic E-state index is 9.68. The normalized spacial score (nSPS) is 43.6. The van der Waals surface area contributed by atoms with E-state index in [-0.39, 0.29) is 0 Å². The van der Waals surface area contributed by atoms with E-state index in [1.807, 2.05) is 12.5 Å². The highest BCUT2D eigenvalue weighted by Crippen LogP contribution is 2.67. The molecule has 0 aromatic carbocycles. The Morgan fingerprint density at radius 3 is 2.66 bits per heavy atom. The predicted octanol–water partition coefficient (Wildman–Crippen LogP) is 8.61. The van der Waals surface area contributed by atoms with Gasteiger partial charge in [0.1, 0.15) is 0 Å². The van der Waals surface area contributed by atoms with Gasteiger partial charge in [-0.25, -0.2) is 0 Å². The number of rotatable bonds is 5. The zero-order chi connectivity index (χ0) is 20.8. The molecule has 0 heterocycles. The standard InChI is InChI=1S/C28H46O/c1-19(21(3)29)9-8-10-20(2)24-14-15-25-23-13-12-22-11-6-7-17-27(22,4)26(23)16-18-28(24,25)5/h12,20,23-26,29H,6-11,13-18H2,1-5H3/t20-,23+,24-,25+,26+,27+,28-/m1/s1. The molecule has 0 aromatic heterocycles. The van der Waals surface area contributed by atoms with Crippen LogP contribution >= 0.6 is 0 Å². The van der Waals surface area contributed by atoms with Gasteiger partial charge in [-0.1, -0.05) is 45.3 Å². The quantitative estimate of drug-likeness (QED) is 0.363. The number of aliphatic hydroxyl groups is 1. The first-order valence-electron chi connectivity index (χ1n) is 12.8. The van der Waals surface area contributed by atoms with Crippen LogP contribution in [0.1, 0.15) is 112 Å². The topological polar surface area (TPSA) is 20.2 Å². The Balaban J connectivity index is 1.45. The molecule has 4 rings (SSSR count). The third-order valence-electron chi connectivity index (χ3n) is 10.6. The van der Waals surface area contributed by atoms with Gasteiger partial charge < -0.3 is 5.11 Å². The summed E-state index contributed by atoms with van der Waals surface area (Å²) in [6.07, 6.45) is 19.4. The minimum Gasteiger partial charge on any atom is -0.513 e. The van der Waals surface area contributed by atoms with Crippen LogP contribution in [-0.4, -0.2) is 5.11 Å². The van der Waals surface area contributed by atoms with Crippen LogP contribution in [0.3, 0.4) is 0 Å². The van der Waals surface area contributed by atoms with Crippen LogP contribution in [0.2, 0.25) is 0 Å². The van der Waals surface area contributed by atoms with Gasteiger partial charge in [-0.05, 0) is 124 Å². The lowest BCUT2D eigenvalue weighted by Crippen LogP contribution is -2.50. The second kappa shape index (κ2) is 8.08. The summed E-state index contributed by atoms with van der Waals surface area (Å²) < 4.78 is 0. The molecule has 164 valence electrons. The average Bonchev–Trinajstić information content (AvgIpc) is 3.04. The SMILES string of the molecule is CC(O)=C(C)CCC[C@@H](C)[C@H]1CC[C@H]2[C@@H]3CC=C4CCCC[C@]4(C)[C@H]3CC[C@]12C. The first kappa shape index (κ1) is 21.5. The lowest BCUT2D eigenvalue weighted by Gasteiger charge is -2.58. The molecular formula is C28H46O. The van der Waals surface area contributed by atoms with Gasteiger partial charge in [0.05, 0.1) is 5.76 Å². The Morgan fingerprint density at radius 2 is 1.90 bits per heavy atom. The van der Waals surface area contributed by atoms with Gasteiger partial charge >= 0.3 is 0 Å². The van der Waals surface area contributed by atoms with Crippen molar-refractivity contribution in [2.45, 2.75) is 112 Å². The van der Waals surface area contributed by atoms with Gasteiger partial charge in [0.2, 0.25) is 0 Å². The summed E-state index contributed by atoms with van der Waals surface area (Å²) in [5, 5.41) is 9.68. The minimum absolute atomic E-state index is 0.532. The number of hydrogen-bond acceptors (Lipinski definition) is 1. The van der Waals surface area contributed by atoms with Gasteiger partial charge in [-0.2, -0.15) is 0 Å². The molecule has 0 radical (unpaired) electrons. The molecule has 0 bridgehead atoms. The summed E-state index contributed by atoms with van der Waals surface area (Å²) in [6, 6.07) is 0. The van der Waals surface area contributed by atoms with Crippen molar-refractivity contribution < 1.29 is 5.11 Å². The number of hydrogen-bond donors (Lipinski definition) is 1. The van der Waals surface area contributed by atoms with Crippen LogP contribution in [0.15, 0.2) is 23.0 Å². The summed E-state index contributed by atoms with van der Waals surface area (Å²) in [7, 11) is 0. The molecule has 0 aliphatic heterocycles. The fraction of sp³-hybridized carbons (Fsp3) is 0.857. The third-order valence-corrected chi connectivity index (χ3v) is 10.6. The molecule has 29 heavy (non-hydrogen) atoms. The highest BCUT2D eigenvalue weighted by molar-refractivity contribution is 5.24. The van der Waals surface area contributed by atoms with E-state index in [1.165, 1.54) is 76.2 Å². The fourth-order valence-electron chi connectivity index (χ4n) is 8.74. The smallest absolute Gasteiger partial charge is 0.0880 e. The highest BCUT2D eigenvalue weighted by Gasteiger charge is 2.58. The third kappa shape index (κ3) is 3.63. The van der Waals surface area contributed by atoms with Crippen molar-refractivity contribution in [3.8, 4) is 0 Å². The largest absolute Gasteiger partial charge is 0.513 e. The Morgan fingerprint density at radius 1 is 1.10 bits per heavy atom. The zero-order valence-corrected chi connectivity index (χ0v) is 19.9. The summed E-state index contributed by atoms with van der Waals surface area (Å²) in [5.74, 6) is 5.16. The predicted molar refractivity (Wildman–Crippen MR) is 124 cm³/mol. The molecule has 1 nitrogen and oxygen atoms in total. The summed E-state index contributed by atoms with van der Waals surface area (Å²) in [4.78, 5) is 0. The molecule has 0 unspecified atom stereocenters. The van der Waals surface area contributed by atoms with E-state index in [0.29, 0.717) is 16.6 Å². The van der Waals surface area contributed by atoms with Crippen LogP contribution in [0.25, 0.3) is 0 Å². The van der Waals surface area contributed by atoms with E-state index in [0.717, 1.165) is 36.0 Å². The van der Waals surface area contributed by atoms with Crippen LogP contribution in [0, 0.1) is 40.4 Å². The van der Waals surface area contributed by atoms with Crippen LogP contribution < -0.4 is 0 Å². The summed E-state index contributed by atoms with van der Waals surface area (Å²) in [6.45, 7) is 11.8. The van der Waals surface area contributed by atoms with Gasteiger partial charge in [0.25, 0.3) is 0 Å². The second-order valence-electron chi connectivity index (χ2n) is 11.9.